The molecule has 0 bridgehead atoms. The Hall–Kier alpha value is -0.980. The van der Waals surface area contributed by atoms with Crippen molar-refractivity contribution in [3.8, 4) is 0 Å². The largest absolute Gasteiger partial charge is 0.466 e. The Morgan fingerprint density at radius 3 is 3.00 bits per heavy atom. The van der Waals surface area contributed by atoms with E-state index in [1.165, 1.54) is 0 Å². The number of ether oxygens (including phenoxy) is 2. The summed E-state index contributed by atoms with van der Waals surface area (Å²) in [6, 6.07) is 0.0131. The summed E-state index contributed by atoms with van der Waals surface area (Å²) in [6.07, 6.45) is 0.359. The first-order valence-corrected chi connectivity index (χ1v) is 7.11. The molecule has 0 saturated carbocycles. The zero-order chi connectivity index (χ0) is 12.8. The van der Waals surface area contributed by atoms with Crippen LogP contribution >= 0.6 is 11.3 Å². The van der Waals surface area contributed by atoms with Gasteiger partial charge in [0.2, 0.25) is 0 Å². The van der Waals surface area contributed by atoms with E-state index in [9.17, 15) is 4.79 Å². The summed E-state index contributed by atoms with van der Waals surface area (Å²) in [4.78, 5) is 18.3. The highest BCUT2D eigenvalue weighted by Gasteiger charge is 2.26. The predicted molar refractivity (Wildman–Crippen MR) is 68.5 cm³/mol. The molecule has 0 aromatic carbocycles. The van der Waals surface area contributed by atoms with E-state index in [2.05, 4.69) is 9.88 Å². The molecule has 1 aromatic heterocycles. The van der Waals surface area contributed by atoms with Gasteiger partial charge in [0.05, 0.1) is 43.5 Å². The van der Waals surface area contributed by atoms with E-state index in [-0.39, 0.29) is 12.0 Å². The van der Waals surface area contributed by atoms with Crippen LogP contribution in [-0.2, 0) is 14.3 Å². The van der Waals surface area contributed by atoms with Crippen LogP contribution in [0.1, 0.15) is 25.1 Å². The second-order valence-corrected chi connectivity index (χ2v) is 4.81. The number of morpholine rings is 1. The summed E-state index contributed by atoms with van der Waals surface area (Å²) in [5, 5.41) is 2.00. The fourth-order valence-corrected chi connectivity index (χ4v) is 2.67. The Morgan fingerprint density at radius 2 is 2.39 bits per heavy atom. The third kappa shape index (κ3) is 3.51. The minimum atomic E-state index is -0.165. The highest BCUT2D eigenvalue weighted by Crippen LogP contribution is 2.25. The molecule has 1 atom stereocenters. The summed E-state index contributed by atoms with van der Waals surface area (Å²) in [5.74, 6) is -0.165. The first-order valence-electron chi connectivity index (χ1n) is 6.16. The Kier molecular flexibility index (Phi) is 5.10. The average molecular weight is 270 g/mol. The molecule has 0 N–H and O–H groups in total. The lowest BCUT2D eigenvalue weighted by Gasteiger charge is -2.33. The number of carbonyl (C=O) groups is 1. The number of esters is 1. The van der Waals surface area contributed by atoms with Gasteiger partial charge in [-0.3, -0.25) is 9.69 Å². The zero-order valence-electron chi connectivity index (χ0n) is 10.5. The van der Waals surface area contributed by atoms with Crippen LogP contribution in [0.4, 0.5) is 0 Å². The van der Waals surface area contributed by atoms with Crippen LogP contribution in [0.15, 0.2) is 10.9 Å². The van der Waals surface area contributed by atoms with Gasteiger partial charge >= 0.3 is 5.97 Å². The molecule has 6 heteroatoms. The van der Waals surface area contributed by atoms with Gasteiger partial charge in [-0.2, -0.15) is 0 Å². The zero-order valence-corrected chi connectivity index (χ0v) is 11.3. The van der Waals surface area contributed by atoms with Gasteiger partial charge in [0.15, 0.2) is 0 Å². The monoisotopic (exact) mass is 270 g/mol. The van der Waals surface area contributed by atoms with Crippen molar-refractivity contribution >= 4 is 17.3 Å². The Balaban J connectivity index is 2.05. The molecule has 1 aliphatic rings. The fourth-order valence-electron chi connectivity index (χ4n) is 2.07. The van der Waals surface area contributed by atoms with Gasteiger partial charge < -0.3 is 9.47 Å². The third-order valence-corrected chi connectivity index (χ3v) is 3.55. The summed E-state index contributed by atoms with van der Waals surface area (Å²) in [7, 11) is 0. The Bertz CT molecular complexity index is 363. The average Bonchev–Trinajstić information content (AvgIpc) is 2.91. The lowest BCUT2D eigenvalue weighted by Crippen LogP contribution is -2.40. The molecule has 1 aliphatic heterocycles. The molecule has 5 nitrogen and oxygen atoms in total. The molecule has 100 valence electrons. The second-order valence-electron chi connectivity index (χ2n) is 4.09. The van der Waals surface area contributed by atoms with Crippen molar-refractivity contribution in [3.05, 3.63) is 16.6 Å². The summed E-state index contributed by atoms with van der Waals surface area (Å²) in [6.45, 7) is 5.34. The number of aromatic nitrogens is 1. The van der Waals surface area contributed by atoms with Crippen molar-refractivity contribution in [1.82, 2.24) is 9.88 Å². The second kappa shape index (κ2) is 6.82. The van der Waals surface area contributed by atoms with Crippen LogP contribution < -0.4 is 0 Å². The minimum Gasteiger partial charge on any atom is -0.466 e. The van der Waals surface area contributed by atoms with E-state index >= 15 is 0 Å². The van der Waals surface area contributed by atoms with Crippen LogP contribution in [0.25, 0.3) is 0 Å². The van der Waals surface area contributed by atoms with Crippen molar-refractivity contribution in [2.45, 2.75) is 19.4 Å². The Morgan fingerprint density at radius 1 is 1.61 bits per heavy atom. The molecule has 2 heterocycles. The van der Waals surface area contributed by atoms with Gasteiger partial charge in [-0.25, -0.2) is 4.98 Å². The summed E-state index contributed by atoms with van der Waals surface area (Å²) in [5.41, 5.74) is 2.75. The minimum absolute atomic E-state index is 0.0131. The van der Waals surface area contributed by atoms with Crippen LogP contribution in [0.3, 0.4) is 0 Å². The molecule has 18 heavy (non-hydrogen) atoms. The molecule has 1 aromatic rings. The lowest BCUT2D eigenvalue weighted by atomic mass is 10.1. The molecule has 0 amide bonds. The standard InChI is InChI=1S/C12H18N2O3S/c1-2-17-12(15)7-11(10-8-18-9-13-10)14-3-5-16-6-4-14/h8-9,11H,2-7H2,1H3. The number of hydrogen-bond acceptors (Lipinski definition) is 6. The summed E-state index contributed by atoms with van der Waals surface area (Å²) >= 11 is 1.55. The van der Waals surface area contributed by atoms with Gasteiger partial charge in [-0.05, 0) is 6.92 Å². The van der Waals surface area contributed by atoms with Gasteiger partial charge in [-0.1, -0.05) is 0 Å². The van der Waals surface area contributed by atoms with Gasteiger partial charge in [0.25, 0.3) is 0 Å². The predicted octanol–water partition coefficient (Wildman–Crippen LogP) is 1.47. The number of hydrogen-bond donors (Lipinski definition) is 0. The van der Waals surface area contributed by atoms with Crippen LogP contribution in [0.2, 0.25) is 0 Å². The van der Waals surface area contributed by atoms with Crippen LogP contribution in [0.5, 0.6) is 0 Å². The topological polar surface area (TPSA) is 51.7 Å². The molecule has 0 aliphatic carbocycles. The number of nitrogens with zero attached hydrogens (tertiary/aromatic N) is 2. The van der Waals surface area contributed by atoms with Crippen molar-refractivity contribution in [2.75, 3.05) is 32.9 Å². The number of thiazole rings is 1. The molecular weight excluding hydrogens is 252 g/mol. The van der Waals surface area contributed by atoms with Crippen LogP contribution in [-0.4, -0.2) is 48.8 Å². The molecule has 0 radical (unpaired) electrons. The van der Waals surface area contributed by atoms with Gasteiger partial charge in [-0.15, -0.1) is 11.3 Å². The quantitative estimate of drug-likeness (QED) is 0.758. The maximum atomic E-state index is 11.7. The molecular formula is C12H18N2O3S. The van der Waals surface area contributed by atoms with Gasteiger partial charge in [0.1, 0.15) is 0 Å². The Labute approximate surface area is 111 Å². The van der Waals surface area contributed by atoms with E-state index in [1.54, 1.807) is 16.8 Å². The first-order chi connectivity index (χ1) is 8.81. The van der Waals surface area contributed by atoms with Crippen molar-refractivity contribution in [2.24, 2.45) is 0 Å². The highest BCUT2D eigenvalue weighted by atomic mass is 32.1. The normalized spacial score (nSPS) is 18.5. The molecule has 0 spiro atoms. The lowest BCUT2D eigenvalue weighted by molar-refractivity contribution is -0.145. The van der Waals surface area contributed by atoms with Crippen molar-refractivity contribution < 1.29 is 14.3 Å². The maximum absolute atomic E-state index is 11.7. The van der Waals surface area contributed by atoms with Crippen molar-refractivity contribution in [1.29, 1.82) is 0 Å². The maximum Gasteiger partial charge on any atom is 0.307 e. The third-order valence-electron chi connectivity index (χ3n) is 2.94. The van der Waals surface area contributed by atoms with Crippen molar-refractivity contribution in [3.63, 3.8) is 0 Å². The number of rotatable bonds is 5. The number of carbonyl (C=O) groups excluding carboxylic acids is 1. The molecule has 1 fully saturated rings. The van der Waals surface area contributed by atoms with E-state index in [1.807, 2.05) is 12.3 Å². The molecule has 1 unspecified atom stereocenters. The van der Waals surface area contributed by atoms with E-state index < -0.39 is 0 Å². The smallest absolute Gasteiger partial charge is 0.307 e. The fraction of sp³-hybridized carbons (Fsp3) is 0.667. The van der Waals surface area contributed by atoms with E-state index in [4.69, 9.17) is 9.47 Å². The van der Waals surface area contributed by atoms with Crippen LogP contribution in [0, 0.1) is 0 Å². The van der Waals surface area contributed by atoms with Gasteiger partial charge in [0, 0.05) is 18.5 Å². The molecule has 1 saturated heterocycles. The molecule has 2 rings (SSSR count). The van der Waals surface area contributed by atoms with E-state index in [0.29, 0.717) is 26.2 Å². The SMILES string of the molecule is CCOC(=O)CC(c1cscn1)N1CCOCC1. The highest BCUT2D eigenvalue weighted by molar-refractivity contribution is 7.07. The first kappa shape index (κ1) is 13.5. The van der Waals surface area contributed by atoms with E-state index in [0.717, 1.165) is 18.8 Å². The summed E-state index contributed by atoms with van der Waals surface area (Å²) < 4.78 is 10.4.